The van der Waals surface area contributed by atoms with Crippen LogP contribution in [0.4, 0.5) is 0 Å². The van der Waals surface area contributed by atoms with E-state index in [0.717, 1.165) is 71.4 Å². The van der Waals surface area contributed by atoms with Crippen LogP contribution in [0.1, 0.15) is 34.1 Å². The maximum absolute atomic E-state index is 5.36. The number of ether oxygens (including phenoxy) is 1. The highest BCUT2D eigenvalue weighted by atomic mass is 127. The van der Waals surface area contributed by atoms with E-state index in [9.17, 15) is 0 Å². The van der Waals surface area contributed by atoms with Crippen LogP contribution in [0, 0.1) is 0 Å². The zero-order valence-electron chi connectivity index (χ0n) is 15.3. The molecule has 1 aliphatic rings. The predicted octanol–water partition coefficient (Wildman–Crippen LogP) is 1.27. The molecule has 1 aliphatic heterocycles. The maximum Gasteiger partial charge on any atom is 0.191 e. The van der Waals surface area contributed by atoms with Gasteiger partial charge in [-0.05, 0) is 34.1 Å². The lowest BCUT2D eigenvalue weighted by molar-refractivity contribution is 0.0377. The lowest BCUT2D eigenvalue weighted by Crippen LogP contribution is -2.44. The van der Waals surface area contributed by atoms with E-state index >= 15 is 0 Å². The van der Waals surface area contributed by atoms with Crippen LogP contribution in [-0.4, -0.2) is 75.4 Å². The zero-order valence-corrected chi connectivity index (χ0v) is 17.6. The number of hydrogen-bond acceptors (Lipinski definition) is 4. The van der Waals surface area contributed by atoms with E-state index in [0.29, 0.717) is 0 Å². The minimum absolute atomic E-state index is 0. The molecule has 0 saturated carbocycles. The van der Waals surface area contributed by atoms with Crippen molar-refractivity contribution in [2.45, 2.75) is 39.7 Å². The van der Waals surface area contributed by atoms with Gasteiger partial charge in [0.1, 0.15) is 0 Å². The molecule has 23 heavy (non-hydrogen) atoms. The number of nitrogens with one attached hydrogen (secondary N) is 3. The topological polar surface area (TPSA) is 60.9 Å². The smallest absolute Gasteiger partial charge is 0.191 e. The average molecular weight is 441 g/mol. The van der Waals surface area contributed by atoms with Crippen LogP contribution in [0.3, 0.4) is 0 Å². The third-order valence-corrected chi connectivity index (χ3v) is 3.42. The molecule has 6 nitrogen and oxygen atoms in total. The predicted molar refractivity (Wildman–Crippen MR) is 109 cm³/mol. The lowest BCUT2D eigenvalue weighted by Gasteiger charge is -2.26. The summed E-state index contributed by atoms with van der Waals surface area (Å²) in [6.07, 6.45) is 1.09. The van der Waals surface area contributed by atoms with Crippen molar-refractivity contribution < 1.29 is 4.74 Å². The van der Waals surface area contributed by atoms with Gasteiger partial charge in [-0.15, -0.1) is 24.0 Å². The summed E-state index contributed by atoms with van der Waals surface area (Å²) in [7, 11) is 0. The Hall–Kier alpha value is -0.120. The van der Waals surface area contributed by atoms with Gasteiger partial charge >= 0.3 is 0 Å². The highest BCUT2D eigenvalue weighted by Gasteiger charge is 2.09. The summed E-state index contributed by atoms with van der Waals surface area (Å²) in [5.41, 5.74) is 0.162. The van der Waals surface area contributed by atoms with Crippen LogP contribution in [-0.2, 0) is 4.74 Å². The standard InChI is InChI=1S/C16H35N5O.HI/c1-5-17-15(19-8-9-20-16(2,3)4)18-7-6-10-21-11-13-22-14-12-21;/h20H,5-14H2,1-4H3,(H2,17,18,19);1H. The van der Waals surface area contributed by atoms with Gasteiger partial charge in [-0.3, -0.25) is 9.89 Å². The Labute approximate surface area is 159 Å². The Balaban J connectivity index is 0.00000484. The van der Waals surface area contributed by atoms with Gasteiger partial charge in [0.25, 0.3) is 0 Å². The first kappa shape index (κ1) is 22.9. The van der Waals surface area contributed by atoms with E-state index in [-0.39, 0.29) is 29.5 Å². The molecular formula is C16H36IN5O. The molecule has 7 heteroatoms. The Kier molecular flexibility index (Phi) is 13.1. The second-order valence-corrected chi connectivity index (χ2v) is 6.67. The molecule has 0 aromatic heterocycles. The number of aliphatic imine (C=N–C) groups is 1. The van der Waals surface area contributed by atoms with Gasteiger partial charge in [-0.1, -0.05) is 0 Å². The summed E-state index contributed by atoms with van der Waals surface area (Å²) in [5.74, 6) is 0.917. The minimum atomic E-state index is 0. The Morgan fingerprint density at radius 1 is 1.13 bits per heavy atom. The fourth-order valence-electron chi connectivity index (χ4n) is 2.27. The van der Waals surface area contributed by atoms with Gasteiger partial charge in [-0.2, -0.15) is 0 Å². The minimum Gasteiger partial charge on any atom is -0.379 e. The Morgan fingerprint density at radius 3 is 2.43 bits per heavy atom. The van der Waals surface area contributed by atoms with E-state index in [1.807, 2.05) is 0 Å². The fraction of sp³-hybridized carbons (Fsp3) is 0.938. The van der Waals surface area contributed by atoms with Crippen molar-refractivity contribution in [1.82, 2.24) is 20.9 Å². The third kappa shape index (κ3) is 12.9. The van der Waals surface area contributed by atoms with E-state index in [2.05, 4.69) is 53.5 Å². The molecule has 0 amide bonds. The number of morpholine rings is 1. The normalized spacial score (nSPS) is 16.8. The van der Waals surface area contributed by atoms with Crippen LogP contribution >= 0.6 is 24.0 Å². The molecule has 0 atom stereocenters. The van der Waals surface area contributed by atoms with Crippen LogP contribution in [0.25, 0.3) is 0 Å². The molecule has 1 fully saturated rings. The number of guanidine groups is 1. The molecule has 0 bridgehead atoms. The van der Waals surface area contributed by atoms with Crippen molar-refractivity contribution in [3.05, 3.63) is 0 Å². The summed E-state index contributed by atoms with van der Waals surface area (Å²) in [5, 5.41) is 10.1. The number of hydrogen-bond donors (Lipinski definition) is 3. The van der Waals surface area contributed by atoms with Gasteiger partial charge in [0.15, 0.2) is 5.96 Å². The summed E-state index contributed by atoms with van der Waals surface area (Å²) in [4.78, 5) is 7.09. The van der Waals surface area contributed by atoms with Gasteiger partial charge < -0.3 is 20.7 Å². The zero-order chi connectivity index (χ0) is 16.3. The van der Waals surface area contributed by atoms with Crippen molar-refractivity contribution in [2.24, 2.45) is 4.99 Å². The number of nitrogens with zero attached hydrogens (tertiary/aromatic N) is 2. The van der Waals surface area contributed by atoms with Crippen LogP contribution in [0.15, 0.2) is 4.99 Å². The molecule has 1 rings (SSSR count). The third-order valence-electron chi connectivity index (χ3n) is 3.42. The first-order valence-electron chi connectivity index (χ1n) is 8.58. The Morgan fingerprint density at radius 2 is 1.83 bits per heavy atom. The van der Waals surface area contributed by atoms with Crippen molar-refractivity contribution in [2.75, 3.05) is 59.0 Å². The van der Waals surface area contributed by atoms with Crippen molar-refractivity contribution in [3.8, 4) is 0 Å². The molecule has 0 unspecified atom stereocenters. The maximum atomic E-state index is 5.36. The second kappa shape index (κ2) is 13.2. The highest BCUT2D eigenvalue weighted by Crippen LogP contribution is 1.98. The number of rotatable bonds is 8. The molecular weight excluding hydrogens is 405 g/mol. The molecule has 0 spiro atoms. The van der Waals surface area contributed by atoms with Crippen LogP contribution < -0.4 is 16.0 Å². The first-order valence-corrected chi connectivity index (χ1v) is 8.58. The van der Waals surface area contributed by atoms with Gasteiger partial charge in [0, 0.05) is 51.4 Å². The van der Waals surface area contributed by atoms with Gasteiger partial charge in [0.2, 0.25) is 0 Å². The Bertz CT molecular complexity index is 314. The van der Waals surface area contributed by atoms with Crippen LogP contribution in [0.5, 0.6) is 0 Å². The van der Waals surface area contributed by atoms with E-state index in [1.54, 1.807) is 0 Å². The van der Waals surface area contributed by atoms with Crippen LogP contribution in [0.2, 0.25) is 0 Å². The van der Waals surface area contributed by atoms with E-state index in [4.69, 9.17) is 4.74 Å². The molecule has 1 heterocycles. The van der Waals surface area contributed by atoms with Crippen molar-refractivity contribution in [1.29, 1.82) is 0 Å². The fourth-order valence-corrected chi connectivity index (χ4v) is 2.27. The SMILES string of the molecule is CCNC(=NCCCN1CCOCC1)NCCNC(C)(C)C.I. The summed E-state index contributed by atoms with van der Waals surface area (Å²) in [6, 6.07) is 0. The highest BCUT2D eigenvalue weighted by molar-refractivity contribution is 14.0. The van der Waals surface area contributed by atoms with E-state index in [1.165, 1.54) is 0 Å². The van der Waals surface area contributed by atoms with Crippen molar-refractivity contribution in [3.63, 3.8) is 0 Å². The molecule has 0 radical (unpaired) electrons. The molecule has 0 aliphatic carbocycles. The van der Waals surface area contributed by atoms with Gasteiger partial charge in [-0.25, -0.2) is 0 Å². The molecule has 1 saturated heterocycles. The van der Waals surface area contributed by atoms with E-state index < -0.39 is 0 Å². The first-order chi connectivity index (χ1) is 10.5. The molecule has 0 aromatic rings. The van der Waals surface area contributed by atoms with Crippen molar-refractivity contribution >= 4 is 29.9 Å². The number of halogens is 1. The average Bonchev–Trinajstić information content (AvgIpc) is 2.48. The lowest BCUT2D eigenvalue weighted by atomic mass is 10.1. The molecule has 0 aromatic carbocycles. The summed E-state index contributed by atoms with van der Waals surface area (Å²) >= 11 is 0. The summed E-state index contributed by atoms with van der Waals surface area (Å²) in [6.45, 7) is 17.2. The summed E-state index contributed by atoms with van der Waals surface area (Å²) < 4.78 is 5.36. The largest absolute Gasteiger partial charge is 0.379 e. The second-order valence-electron chi connectivity index (χ2n) is 6.67. The quantitative estimate of drug-likeness (QED) is 0.229. The molecule has 138 valence electrons. The van der Waals surface area contributed by atoms with Gasteiger partial charge in [0.05, 0.1) is 13.2 Å². The monoisotopic (exact) mass is 441 g/mol. The molecule has 3 N–H and O–H groups in total.